The lowest BCUT2D eigenvalue weighted by atomic mass is 10.2. The van der Waals surface area contributed by atoms with Gasteiger partial charge in [0.15, 0.2) is 11.5 Å². The van der Waals surface area contributed by atoms with Crippen molar-refractivity contribution < 1.29 is 23.9 Å². The summed E-state index contributed by atoms with van der Waals surface area (Å²) < 4.78 is 22.8. The number of rotatable bonds is 6. The zero-order valence-electron chi connectivity index (χ0n) is 18.7. The highest BCUT2D eigenvalue weighted by Gasteiger charge is 2.14. The molecular weight excluding hydrogens is 452 g/mol. The Morgan fingerprint density at radius 3 is 2.34 bits per heavy atom. The molecule has 3 aromatic carbocycles. The van der Waals surface area contributed by atoms with Crippen molar-refractivity contribution in [2.45, 2.75) is 6.61 Å². The van der Waals surface area contributed by atoms with Crippen molar-refractivity contribution in [3.8, 4) is 17.2 Å². The molecule has 1 N–H and O–H groups in total. The van der Waals surface area contributed by atoms with Crippen molar-refractivity contribution >= 4 is 28.1 Å². The van der Waals surface area contributed by atoms with Gasteiger partial charge in [0, 0.05) is 29.3 Å². The summed E-state index contributed by atoms with van der Waals surface area (Å²) in [5.74, 6) is 2.56. The van der Waals surface area contributed by atoms with E-state index in [4.69, 9.17) is 18.9 Å². The molecule has 1 aliphatic heterocycles. The van der Waals surface area contributed by atoms with E-state index in [1.165, 1.54) is 18.5 Å². The number of hydrogen-bond acceptors (Lipinski definition) is 9. The van der Waals surface area contributed by atoms with E-state index in [9.17, 15) is 10.1 Å². The summed E-state index contributed by atoms with van der Waals surface area (Å²) in [7, 11) is 0. The lowest BCUT2D eigenvalue weighted by molar-refractivity contribution is -0.384. The lowest BCUT2D eigenvalue weighted by Gasteiger charge is -2.14. The van der Waals surface area contributed by atoms with Crippen molar-refractivity contribution in [2.75, 3.05) is 31.7 Å². The monoisotopic (exact) mass is 474 g/mol. The fourth-order valence-electron chi connectivity index (χ4n) is 3.56. The molecule has 0 bridgehead atoms. The number of hydrogen-bond donors (Lipinski definition) is 1. The van der Waals surface area contributed by atoms with Crippen LogP contribution in [0.2, 0.25) is 0 Å². The molecule has 1 aliphatic rings. The highest BCUT2D eigenvalue weighted by Crippen LogP contribution is 2.35. The molecule has 5 rings (SSSR count). The third-order valence-corrected chi connectivity index (χ3v) is 5.34. The van der Waals surface area contributed by atoms with E-state index >= 15 is 0 Å². The molecule has 4 aromatic rings. The maximum absolute atomic E-state index is 10.8. The van der Waals surface area contributed by atoms with Crippen molar-refractivity contribution in [1.29, 1.82) is 0 Å². The standard InChI is InChI=1S/C25H22N4O6/c30-29(31)19-5-1-17(2-6-19)15-35-20-7-3-18(4-8-20)28-25-21-13-23-24(14-22(21)26-16-27-25)34-12-10-32-9-11-33-23/h1-8,13-14,16H,9-12,15H2,(H,26,27,28). The zero-order chi connectivity index (χ0) is 24.0. The van der Waals surface area contributed by atoms with Gasteiger partial charge in [0.05, 0.1) is 23.7 Å². The Labute approximate surface area is 200 Å². The van der Waals surface area contributed by atoms with Gasteiger partial charge in [-0.2, -0.15) is 0 Å². The van der Waals surface area contributed by atoms with Crippen LogP contribution in [0.4, 0.5) is 17.2 Å². The first kappa shape index (κ1) is 22.4. The van der Waals surface area contributed by atoms with Gasteiger partial charge in [-0.15, -0.1) is 0 Å². The quantitative estimate of drug-likeness (QED) is 0.315. The molecule has 1 aromatic heterocycles. The predicted octanol–water partition coefficient (Wildman–Crippen LogP) is 4.65. The largest absolute Gasteiger partial charge is 0.489 e. The van der Waals surface area contributed by atoms with Crippen molar-refractivity contribution in [3.05, 3.63) is 82.7 Å². The SMILES string of the molecule is O=[N+]([O-])c1ccc(COc2ccc(Nc3ncnc4cc5c(cc34)OCCOCCO5)cc2)cc1. The van der Waals surface area contributed by atoms with Gasteiger partial charge in [0.1, 0.15) is 37.7 Å². The van der Waals surface area contributed by atoms with Gasteiger partial charge < -0.3 is 24.3 Å². The summed E-state index contributed by atoms with van der Waals surface area (Å²) in [5.41, 5.74) is 2.44. The fraction of sp³-hybridized carbons (Fsp3) is 0.200. The van der Waals surface area contributed by atoms with E-state index < -0.39 is 4.92 Å². The number of ether oxygens (including phenoxy) is 4. The number of nitro benzene ring substituents is 1. The smallest absolute Gasteiger partial charge is 0.269 e. The first-order chi connectivity index (χ1) is 17.2. The van der Waals surface area contributed by atoms with Crippen LogP contribution in [-0.2, 0) is 11.3 Å². The van der Waals surface area contributed by atoms with E-state index in [2.05, 4.69) is 15.3 Å². The molecule has 10 nitrogen and oxygen atoms in total. The number of non-ortho nitro benzene ring substituents is 1. The minimum atomic E-state index is -0.425. The van der Waals surface area contributed by atoms with Crippen molar-refractivity contribution in [1.82, 2.24) is 9.97 Å². The maximum atomic E-state index is 10.8. The molecule has 0 radical (unpaired) electrons. The Morgan fingerprint density at radius 1 is 0.914 bits per heavy atom. The van der Waals surface area contributed by atoms with Crippen LogP contribution >= 0.6 is 0 Å². The number of anilines is 2. The van der Waals surface area contributed by atoms with Crippen LogP contribution in [0.5, 0.6) is 17.2 Å². The van der Waals surface area contributed by atoms with Crippen LogP contribution in [0.15, 0.2) is 67.0 Å². The highest BCUT2D eigenvalue weighted by atomic mass is 16.6. The molecule has 0 atom stereocenters. The lowest BCUT2D eigenvalue weighted by Crippen LogP contribution is -2.08. The van der Waals surface area contributed by atoms with Crippen LogP contribution in [0.3, 0.4) is 0 Å². The van der Waals surface area contributed by atoms with E-state index in [-0.39, 0.29) is 5.69 Å². The first-order valence-corrected chi connectivity index (χ1v) is 11.0. The van der Waals surface area contributed by atoms with Crippen molar-refractivity contribution in [2.24, 2.45) is 0 Å². The number of nitrogens with zero attached hydrogens (tertiary/aromatic N) is 3. The summed E-state index contributed by atoms with van der Waals surface area (Å²) in [5, 5.41) is 14.9. The van der Waals surface area contributed by atoms with Gasteiger partial charge in [-0.3, -0.25) is 10.1 Å². The first-order valence-electron chi connectivity index (χ1n) is 11.0. The number of fused-ring (bicyclic) bond motifs is 2. The van der Waals surface area contributed by atoms with Gasteiger partial charge in [-0.1, -0.05) is 0 Å². The molecule has 0 saturated carbocycles. The summed E-state index contributed by atoms with van der Waals surface area (Å²) in [4.78, 5) is 19.1. The topological polar surface area (TPSA) is 118 Å². The van der Waals surface area contributed by atoms with E-state index in [0.717, 1.165) is 22.2 Å². The van der Waals surface area contributed by atoms with Crippen LogP contribution in [0.25, 0.3) is 10.9 Å². The van der Waals surface area contributed by atoms with E-state index in [1.54, 1.807) is 12.1 Å². The van der Waals surface area contributed by atoms with Crippen molar-refractivity contribution in [3.63, 3.8) is 0 Å². The van der Waals surface area contributed by atoms with Gasteiger partial charge in [0.25, 0.3) is 5.69 Å². The van der Waals surface area contributed by atoms with Gasteiger partial charge >= 0.3 is 0 Å². The molecule has 2 heterocycles. The summed E-state index contributed by atoms with van der Waals surface area (Å²) >= 11 is 0. The Morgan fingerprint density at radius 2 is 1.63 bits per heavy atom. The van der Waals surface area contributed by atoms with Crippen LogP contribution in [0.1, 0.15) is 5.56 Å². The number of nitrogens with one attached hydrogen (secondary N) is 1. The van der Waals surface area contributed by atoms with E-state index in [1.807, 2.05) is 36.4 Å². The van der Waals surface area contributed by atoms with Crippen LogP contribution in [0, 0.1) is 10.1 Å². The molecule has 0 unspecified atom stereocenters. The minimum Gasteiger partial charge on any atom is -0.489 e. The number of benzene rings is 3. The molecule has 10 heteroatoms. The summed E-state index contributed by atoms with van der Waals surface area (Å²) in [6.45, 7) is 2.18. The fourth-order valence-corrected chi connectivity index (χ4v) is 3.56. The Kier molecular flexibility index (Phi) is 6.53. The third kappa shape index (κ3) is 5.39. The molecular formula is C25H22N4O6. The summed E-state index contributed by atoms with van der Waals surface area (Å²) in [6, 6.07) is 17.5. The van der Waals surface area contributed by atoms with Gasteiger partial charge in [-0.05, 0) is 48.0 Å². The minimum absolute atomic E-state index is 0.0524. The molecule has 0 saturated heterocycles. The second-order valence-electron chi connectivity index (χ2n) is 7.71. The average Bonchev–Trinajstić information content (AvgIpc) is 2.99. The second kappa shape index (κ2) is 10.2. The van der Waals surface area contributed by atoms with E-state index in [0.29, 0.717) is 56.1 Å². The molecule has 0 fully saturated rings. The number of aromatic nitrogens is 2. The second-order valence-corrected chi connectivity index (χ2v) is 7.71. The van der Waals surface area contributed by atoms with Gasteiger partial charge in [-0.25, -0.2) is 9.97 Å². The average molecular weight is 474 g/mol. The Balaban J connectivity index is 1.29. The summed E-state index contributed by atoms with van der Waals surface area (Å²) in [6.07, 6.45) is 1.50. The molecule has 0 aliphatic carbocycles. The van der Waals surface area contributed by atoms with Crippen LogP contribution < -0.4 is 19.5 Å². The normalized spacial score (nSPS) is 13.4. The highest BCUT2D eigenvalue weighted by molar-refractivity contribution is 5.93. The predicted molar refractivity (Wildman–Crippen MR) is 129 cm³/mol. The molecule has 35 heavy (non-hydrogen) atoms. The molecule has 0 amide bonds. The molecule has 178 valence electrons. The van der Waals surface area contributed by atoms with Gasteiger partial charge in [0.2, 0.25) is 0 Å². The number of nitro groups is 1. The maximum Gasteiger partial charge on any atom is 0.269 e. The molecule has 0 spiro atoms. The Bertz CT molecular complexity index is 1330. The van der Waals surface area contributed by atoms with Crippen LogP contribution in [-0.4, -0.2) is 41.3 Å². The Hall–Kier alpha value is -4.44. The zero-order valence-corrected chi connectivity index (χ0v) is 18.7. The third-order valence-electron chi connectivity index (χ3n) is 5.34.